The third kappa shape index (κ3) is 6.46. The normalized spacial score (nSPS) is 14.6. The monoisotopic (exact) mass is 513 g/mol. The molecule has 3 rings (SSSR count). The van der Waals surface area contributed by atoms with E-state index in [9.17, 15) is 9.18 Å². The van der Waals surface area contributed by atoms with Crippen molar-refractivity contribution in [3.05, 3.63) is 93.5 Å². The number of methoxy groups -OCH3 is 1. The van der Waals surface area contributed by atoms with Gasteiger partial charge in [-0.25, -0.2) is 14.4 Å². The van der Waals surface area contributed by atoms with E-state index in [0.717, 1.165) is 4.91 Å². The number of hydrogen-bond donors (Lipinski definition) is 0. The molecule has 0 N–H and O–H groups in total. The number of rotatable bonds is 8. The number of thioether (sulfide) groups is 1. The predicted octanol–water partition coefficient (Wildman–Crippen LogP) is 6.38. The average Bonchev–Trinajstić information content (AvgIpc) is 2.85. The lowest BCUT2D eigenvalue weighted by atomic mass is 9.89. The van der Waals surface area contributed by atoms with Gasteiger partial charge in [-0.2, -0.15) is 0 Å². The highest BCUT2D eigenvalue weighted by molar-refractivity contribution is 8.03. The summed E-state index contributed by atoms with van der Waals surface area (Å²) >= 11 is 7.33. The Kier molecular flexibility index (Phi) is 8.64. The second-order valence-corrected chi connectivity index (χ2v) is 9.53. The number of esters is 1. The minimum absolute atomic E-state index is 0.206. The van der Waals surface area contributed by atoms with Crippen molar-refractivity contribution < 1.29 is 18.7 Å². The molecule has 0 fully saturated rings. The summed E-state index contributed by atoms with van der Waals surface area (Å²) in [7, 11) is 1.34. The van der Waals surface area contributed by atoms with Crippen LogP contribution in [0.1, 0.15) is 26.3 Å². The van der Waals surface area contributed by atoms with E-state index in [1.165, 1.54) is 31.0 Å². The quantitative estimate of drug-likeness (QED) is 0.302. The molecule has 0 saturated heterocycles. The minimum Gasteiger partial charge on any atom is -0.472 e. The fourth-order valence-corrected chi connectivity index (χ4v) is 4.18. The summed E-state index contributed by atoms with van der Waals surface area (Å²) in [6, 6.07) is 9.42. The zero-order valence-corrected chi connectivity index (χ0v) is 21.4. The molecular formula is C26H25ClFN3O3S. The molecule has 1 aliphatic heterocycles. The van der Waals surface area contributed by atoms with E-state index >= 15 is 0 Å². The summed E-state index contributed by atoms with van der Waals surface area (Å²) in [5.74, 6) is -0.418. The van der Waals surface area contributed by atoms with Gasteiger partial charge in [0.2, 0.25) is 5.90 Å². The first-order valence-corrected chi connectivity index (χ1v) is 11.8. The average molecular weight is 514 g/mol. The molecule has 0 atom stereocenters. The molecule has 1 aliphatic rings. The lowest BCUT2D eigenvalue weighted by molar-refractivity contribution is -0.148. The fraction of sp³-hybridized carbons (Fsp3) is 0.231. The van der Waals surface area contributed by atoms with Crippen molar-refractivity contribution in [1.29, 1.82) is 0 Å². The summed E-state index contributed by atoms with van der Waals surface area (Å²) in [6.07, 6.45) is 4.87. The predicted molar refractivity (Wildman–Crippen MR) is 138 cm³/mol. The Bertz CT molecular complexity index is 1230. The number of ether oxygens (including phenoxy) is 2. The number of aromatic nitrogens is 1. The van der Waals surface area contributed by atoms with Crippen LogP contribution in [0.3, 0.4) is 0 Å². The van der Waals surface area contributed by atoms with Crippen molar-refractivity contribution in [3.8, 4) is 0 Å². The second kappa shape index (κ2) is 11.5. The maximum absolute atomic E-state index is 13.4. The smallest absolute Gasteiger partial charge is 0.317 e. The number of nitrogens with zero attached hydrogens (tertiary/aromatic N) is 3. The standard InChI is InChI=1S/C26H25ClFN3O3S/c1-6-21(26(3,4)25(32)33-5)29-13-16(2)23-20(35-22-12-9-18(27)14-30-22)15-34-24(31-23)17-7-10-19(28)11-8-17/h6-14H,2,15H2,1,3-5H3. The van der Waals surface area contributed by atoms with Gasteiger partial charge in [0.1, 0.15) is 22.9 Å². The zero-order chi connectivity index (χ0) is 25.6. The van der Waals surface area contributed by atoms with Gasteiger partial charge in [-0.1, -0.05) is 36.0 Å². The van der Waals surface area contributed by atoms with Gasteiger partial charge in [-0.3, -0.25) is 9.79 Å². The summed E-state index contributed by atoms with van der Waals surface area (Å²) in [6.45, 7) is 9.63. The van der Waals surface area contributed by atoms with Gasteiger partial charge in [-0.05, 0) is 57.2 Å². The van der Waals surface area contributed by atoms with Gasteiger partial charge >= 0.3 is 5.97 Å². The number of halogens is 2. The lowest BCUT2D eigenvalue weighted by Gasteiger charge is -2.22. The van der Waals surface area contributed by atoms with E-state index in [2.05, 4.69) is 21.5 Å². The molecule has 6 nitrogen and oxygen atoms in total. The Labute approximate surface area is 213 Å². The van der Waals surface area contributed by atoms with E-state index in [-0.39, 0.29) is 12.4 Å². The van der Waals surface area contributed by atoms with Crippen LogP contribution >= 0.6 is 23.4 Å². The van der Waals surface area contributed by atoms with E-state index in [1.54, 1.807) is 63.5 Å². The Hall–Kier alpha value is -3.23. The largest absolute Gasteiger partial charge is 0.472 e. The molecule has 0 amide bonds. The van der Waals surface area contributed by atoms with Crippen molar-refractivity contribution in [3.63, 3.8) is 0 Å². The molecule has 2 aromatic rings. The van der Waals surface area contributed by atoms with Crippen LogP contribution in [0.4, 0.5) is 4.39 Å². The lowest BCUT2D eigenvalue weighted by Crippen LogP contribution is -2.27. The molecule has 0 saturated carbocycles. The number of benzene rings is 1. The second-order valence-electron chi connectivity index (χ2n) is 7.97. The van der Waals surface area contributed by atoms with Crippen molar-refractivity contribution in [2.75, 3.05) is 13.7 Å². The zero-order valence-electron chi connectivity index (χ0n) is 19.8. The first-order valence-electron chi connectivity index (χ1n) is 10.6. The number of carbonyl (C=O) groups excluding carboxylic acids is 1. The number of carbonyl (C=O) groups is 1. The number of allylic oxidation sites excluding steroid dienone is 2. The van der Waals surface area contributed by atoms with Crippen LogP contribution in [0.15, 0.2) is 92.1 Å². The molecule has 0 spiro atoms. The molecule has 9 heteroatoms. The van der Waals surface area contributed by atoms with Crippen molar-refractivity contribution in [2.45, 2.75) is 25.8 Å². The van der Waals surface area contributed by atoms with E-state index in [0.29, 0.717) is 38.5 Å². The van der Waals surface area contributed by atoms with Crippen molar-refractivity contribution in [2.24, 2.45) is 15.4 Å². The van der Waals surface area contributed by atoms with E-state index in [4.69, 9.17) is 21.1 Å². The van der Waals surface area contributed by atoms with Crippen LogP contribution in [0.2, 0.25) is 5.02 Å². The highest BCUT2D eigenvalue weighted by Crippen LogP contribution is 2.34. The molecule has 182 valence electrons. The van der Waals surface area contributed by atoms with Gasteiger partial charge in [0.15, 0.2) is 0 Å². The topological polar surface area (TPSA) is 73.1 Å². The summed E-state index contributed by atoms with van der Waals surface area (Å²) in [4.78, 5) is 26.5. The van der Waals surface area contributed by atoms with E-state index in [1.807, 2.05) is 0 Å². The third-order valence-corrected chi connectivity index (χ3v) is 6.34. The first kappa shape index (κ1) is 26.4. The maximum Gasteiger partial charge on any atom is 0.317 e. The summed E-state index contributed by atoms with van der Waals surface area (Å²) in [5.41, 5.74) is 1.26. The molecule has 1 aromatic heterocycles. The van der Waals surface area contributed by atoms with E-state index < -0.39 is 11.4 Å². The van der Waals surface area contributed by atoms with Crippen LogP contribution < -0.4 is 0 Å². The van der Waals surface area contributed by atoms with Crippen LogP contribution in [0.25, 0.3) is 0 Å². The third-order valence-electron chi connectivity index (χ3n) is 5.11. The Morgan fingerprint density at radius 2 is 2.00 bits per heavy atom. The highest BCUT2D eigenvalue weighted by Gasteiger charge is 2.33. The number of pyridine rings is 1. The summed E-state index contributed by atoms with van der Waals surface area (Å²) < 4.78 is 24.2. The Balaban J connectivity index is 1.99. The number of hydrogen-bond acceptors (Lipinski definition) is 7. The van der Waals surface area contributed by atoms with Crippen LogP contribution in [0, 0.1) is 11.2 Å². The Morgan fingerprint density at radius 1 is 1.29 bits per heavy atom. The molecule has 1 aromatic carbocycles. The van der Waals surface area contributed by atoms with Crippen LogP contribution in [-0.2, 0) is 14.3 Å². The Morgan fingerprint density at radius 3 is 2.60 bits per heavy atom. The van der Waals surface area contributed by atoms with Gasteiger partial charge < -0.3 is 9.47 Å². The van der Waals surface area contributed by atoms with Crippen LogP contribution in [-0.4, -0.2) is 36.8 Å². The molecule has 0 bridgehead atoms. The van der Waals surface area contributed by atoms with Crippen molar-refractivity contribution >= 4 is 41.4 Å². The molecule has 2 heterocycles. The van der Waals surface area contributed by atoms with Gasteiger partial charge in [-0.15, -0.1) is 0 Å². The van der Waals surface area contributed by atoms with Gasteiger partial charge in [0, 0.05) is 23.5 Å². The van der Waals surface area contributed by atoms with Gasteiger partial charge in [0.25, 0.3) is 0 Å². The first-order chi connectivity index (χ1) is 16.6. The fourth-order valence-electron chi connectivity index (χ4n) is 3.18. The molecule has 0 unspecified atom stereocenters. The minimum atomic E-state index is -0.947. The summed E-state index contributed by atoms with van der Waals surface area (Å²) in [5, 5.41) is 1.24. The molecule has 0 radical (unpaired) electrons. The molecule has 35 heavy (non-hydrogen) atoms. The molecular weight excluding hydrogens is 489 g/mol. The number of aliphatic imine (C=N–C) groups is 2. The van der Waals surface area contributed by atoms with Gasteiger partial charge in [0.05, 0.1) is 28.4 Å². The highest BCUT2D eigenvalue weighted by atomic mass is 35.5. The van der Waals surface area contributed by atoms with Crippen LogP contribution in [0.5, 0.6) is 0 Å². The SMILES string of the molecule is C=C(C=NC(=CC)C(C)(C)C(=O)OC)C1=C(Sc2ccc(Cl)cn2)COC(c2ccc(F)cc2)=N1. The maximum atomic E-state index is 13.4. The van der Waals surface area contributed by atoms with Crippen molar-refractivity contribution in [1.82, 2.24) is 4.98 Å². The molecule has 0 aliphatic carbocycles.